The van der Waals surface area contributed by atoms with Gasteiger partial charge in [0.05, 0.1) is 0 Å². The minimum atomic E-state index is -0.472. The Morgan fingerprint density at radius 3 is 2.30 bits per heavy atom. The van der Waals surface area contributed by atoms with Gasteiger partial charge in [0, 0.05) is 44.7 Å². The Balaban J connectivity index is 1.48. The molecule has 3 rings (SSSR count). The van der Waals surface area contributed by atoms with Crippen LogP contribution in [0.1, 0.15) is 37.6 Å². The highest BCUT2D eigenvalue weighted by Crippen LogP contribution is 2.17. The van der Waals surface area contributed by atoms with Gasteiger partial charge >= 0.3 is 6.09 Å². The van der Waals surface area contributed by atoms with Gasteiger partial charge in [0.15, 0.2) is 5.78 Å². The molecule has 0 radical (unpaired) electrons. The number of carbonyl (C=O) groups is 2. The number of Topliss-reactive ketones (excluding diaryl/α,β-unsaturated/α-hetero) is 1. The summed E-state index contributed by atoms with van der Waals surface area (Å²) < 4.78 is 5.42. The SMILES string of the molecule is CC(C)(C)OC(=O)N1CCN(CCC(=O)c2ccc3ccccc3c2)CC1. The molecule has 144 valence electrons. The number of carbonyl (C=O) groups excluding carboxylic acids is 2. The van der Waals surface area contributed by atoms with E-state index in [-0.39, 0.29) is 11.9 Å². The number of hydrogen-bond donors (Lipinski definition) is 0. The molecule has 5 nitrogen and oxygen atoms in total. The Bertz CT molecular complexity index is 818. The Morgan fingerprint density at radius 2 is 1.63 bits per heavy atom. The van der Waals surface area contributed by atoms with E-state index in [9.17, 15) is 9.59 Å². The number of piperazine rings is 1. The van der Waals surface area contributed by atoms with Crippen molar-refractivity contribution >= 4 is 22.6 Å². The van der Waals surface area contributed by atoms with Crippen LogP contribution in [-0.4, -0.2) is 60.0 Å². The summed E-state index contributed by atoms with van der Waals surface area (Å²) in [5.41, 5.74) is 0.293. The van der Waals surface area contributed by atoms with Crippen LogP contribution in [0.2, 0.25) is 0 Å². The summed E-state index contributed by atoms with van der Waals surface area (Å²) in [4.78, 5) is 28.6. The molecule has 0 atom stereocenters. The van der Waals surface area contributed by atoms with Gasteiger partial charge in [-0.15, -0.1) is 0 Å². The standard InChI is InChI=1S/C22H28N2O3/c1-22(2,3)27-21(26)24-14-12-23(13-15-24)11-10-20(25)19-9-8-17-6-4-5-7-18(17)16-19/h4-9,16H,10-15H2,1-3H3. The molecular weight excluding hydrogens is 340 g/mol. The van der Waals surface area contributed by atoms with Crippen molar-refractivity contribution in [2.24, 2.45) is 0 Å². The lowest BCUT2D eigenvalue weighted by Gasteiger charge is -2.35. The quantitative estimate of drug-likeness (QED) is 0.767. The van der Waals surface area contributed by atoms with Gasteiger partial charge in [-0.3, -0.25) is 9.69 Å². The van der Waals surface area contributed by atoms with Crippen molar-refractivity contribution in [3.63, 3.8) is 0 Å². The Kier molecular flexibility index (Phi) is 5.80. The molecule has 0 bridgehead atoms. The Morgan fingerprint density at radius 1 is 0.963 bits per heavy atom. The first-order valence-electron chi connectivity index (χ1n) is 9.54. The van der Waals surface area contributed by atoms with Gasteiger partial charge in [-0.25, -0.2) is 4.79 Å². The molecule has 0 aliphatic carbocycles. The van der Waals surface area contributed by atoms with Crippen LogP contribution in [0.3, 0.4) is 0 Å². The van der Waals surface area contributed by atoms with Gasteiger partial charge < -0.3 is 9.64 Å². The van der Waals surface area contributed by atoms with Crippen molar-refractivity contribution in [3.8, 4) is 0 Å². The third-order valence-electron chi connectivity index (χ3n) is 4.75. The zero-order chi connectivity index (χ0) is 19.4. The number of fused-ring (bicyclic) bond motifs is 1. The maximum Gasteiger partial charge on any atom is 0.410 e. The molecule has 1 aliphatic heterocycles. The van der Waals surface area contributed by atoms with E-state index in [0.29, 0.717) is 26.1 Å². The largest absolute Gasteiger partial charge is 0.444 e. The van der Waals surface area contributed by atoms with Gasteiger partial charge in [0.25, 0.3) is 0 Å². The van der Waals surface area contributed by atoms with Gasteiger partial charge in [0.2, 0.25) is 0 Å². The second-order valence-electron chi connectivity index (χ2n) is 8.04. The summed E-state index contributed by atoms with van der Waals surface area (Å²) in [5.74, 6) is 0.162. The first kappa shape index (κ1) is 19.4. The van der Waals surface area contributed by atoms with Crippen LogP contribution < -0.4 is 0 Å². The molecule has 0 spiro atoms. The summed E-state index contributed by atoms with van der Waals surface area (Å²) in [7, 11) is 0. The molecule has 2 aromatic carbocycles. The van der Waals surface area contributed by atoms with Crippen LogP contribution in [0.15, 0.2) is 42.5 Å². The van der Waals surface area contributed by atoms with Crippen molar-refractivity contribution < 1.29 is 14.3 Å². The molecular formula is C22H28N2O3. The fourth-order valence-corrected chi connectivity index (χ4v) is 3.25. The topological polar surface area (TPSA) is 49.9 Å². The fraction of sp³-hybridized carbons (Fsp3) is 0.455. The molecule has 27 heavy (non-hydrogen) atoms. The molecule has 5 heteroatoms. The maximum atomic E-state index is 12.5. The van der Waals surface area contributed by atoms with Crippen LogP contribution in [0.4, 0.5) is 4.79 Å². The third-order valence-corrected chi connectivity index (χ3v) is 4.75. The van der Waals surface area contributed by atoms with Gasteiger partial charge in [-0.2, -0.15) is 0 Å². The third kappa shape index (κ3) is 5.30. The number of amides is 1. The minimum Gasteiger partial charge on any atom is -0.444 e. The number of rotatable bonds is 4. The second-order valence-corrected chi connectivity index (χ2v) is 8.04. The fourth-order valence-electron chi connectivity index (χ4n) is 3.25. The highest BCUT2D eigenvalue weighted by atomic mass is 16.6. The van der Waals surface area contributed by atoms with E-state index in [4.69, 9.17) is 4.74 Å². The number of benzene rings is 2. The van der Waals surface area contributed by atoms with E-state index < -0.39 is 5.60 Å². The Hall–Kier alpha value is -2.40. The average molecular weight is 368 g/mol. The molecule has 0 aromatic heterocycles. The normalized spacial score (nSPS) is 15.7. The lowest BCUT2D eigenvalue weighted by molar-refractivity contribution is 0.0144. The number of hydrogen-bond acceptors (Lipinski definition) is 4. The molecule has 2 aromatic rings. The molecule has 1 fully saturated rings. The predicted molar refractivity (Wildman–Crippen MR) is 107 cm³/mol. The number of nitrogens with zero attached hydrogens (tertiary/aromatic N) is 2. The van der Waals surface area contributed by atoms with E-state index in [1.165, 1.54) is 0 Å². The van der Waals surface area contributed by atoms with Crippen LogP contribution in [-0.2, 0) is 4.74 Å². The van der Waals surface area contributed by atoms with E-state index in [1.807, 2.05) is 63.2 Å². The van der Waals surface area contributed by atoms with Crippen LogP contribution >= 0.6 is 0 Å². The van der Waals surface area contributed by atoms with Crippen molar-refractivity contribution in [2.45, 2.75) is 32.8 Å². The highest BCUT2D eigenvalue weighted by molar-refractivity contribution is 6.00. The number of ketones is 1. The lowest BCUT2D eigenvalue weighted by Crippen LogP contribution is -2.50. The van der Waals surface area contributed by atoms with E-state index in [0.717, 1.165) is 29.4 Å². The molecule has 1 amide bonds. The van der Waals surface area contributed by atoms with Crippen LogP contribution in [0.25, 0.3) is 10.8 Å². The molecule has 0 saturated carbocycles. The molecule has 0 N–H and O–H groups in total. The lowest BCUT2D eigenvalue weighted by atomic mass is 10.0. The summed E-state index contributed by atoms with van der Waals surface area (Å²) in [6.45, 7) is 9.15. The predicted octanol–water partition coefficient (Wildman–Crippen LogP) is 3.97. The van der Waals surface area contributed by atoms with Gasteiger partial charge in [-0.05, 0) is 37.6 Å². The van der Waals surface area contributed by atoms with Crippen molar-refractivity contribution in [1.29, 1.82) is 0 Å². The Labute approximate surface area is 160 Å². The monoisotopic (exact) mass is 368 g/mol. The first-order chi connectivity index (χ1) is 12.8. The first-order valence-corrected chi connectivity index (χ1v) is 9.54. The molecule has 1 aliphatic rings. The summed E-state index contributed by atoms with van der Waals surface area (Å²) in [6.07, 6.45) is 0.236. The van der Waals surface area contributed by atoms with Crippen molar-refractivity contribution in [1.82, 2.24) is 9.80 Å². The number of ether oxygens (including phenoxy) is 1. The van der Waals surface area contributed by atoms with Gasteiger partial charge in [0.1, 0.15) is 5.60 Å². The second kappa shape index (κ2) is 8.09. The minimum absolute atomic E-state index is 0.162. The van der Waals surface area contributed by atoms with Crippen molar-refractivity contribution in [3.05, 3.63) is 48.0 Å². The van der Waals surface area contributed by atoms with Gasteiger partial charge in [-0.1, -0.05) is 36.4 Å². The summed E-state index contributed by atoms with van der Waals surface area (Å²) >= 11 is 0. The van der Waals surface area contributed by atoms with E-state index >= 15 is 0 Å². The molecule has 1 saturated heterocycles. The maximum absolute atomic E-state index is 12.5. The zero-order valence-corrected chi connectivity index (χ0v) is 16.4. The zero-order valence-electron chi connectivity index (χ0n) is 16.4. The smallest absolute Gasteiger partial charge is 0.410 e. The van der Waals surface area contributed by atoms with E-state index in [2.05, 4.69) is 4.90 Å². The van der Waals surface area contributed by atoms with Crippen LogP contribution in [0.5, 0.6) is 0 Å². The summed E-state index contributed by atoms with van der Waals surface area (Å²) in [5, 5.41) is 2.24. The highest BCUT2D eigenvalue weighted by Gasteiger charge is 2.25. The molecule has 1 heterocycles. The van der Waals surface area contributed by atoms with Crippen molar-refractivity contribution in [2.75, 3.05) is 32.7 Å². The molecule has 0 unspecified atom stereocenters. The summed E-state index contributed by atoms with van der Waals surface area (Å²) in [6, 6.07) is 13.9. The van der Waals surface area contributed by atoms with Crippen LogP contribution in [0, 0.1) is 0 Å². The average Bonchev–Trinajstić information content (AvgIpc) is 2.64. The van der Waals surface area contributed by atoms with E-state index in [1.54, 1.807) is 4.90 Å².